The molecule has 0 N–H and O–H groups in total. The Morgan fingerprint density at radius 2 is 2.07 bits per heavy atom. The summed E-state index contributed by atoms with van der Waals surface area (Å²) in [7, 11) is 0. The number of amides is 1. The third-order valence-electron chi connectivity index (χ3n) is 4.76. The predicted octanol–water partition coefficient (Wildman–Crippen LogP) is 3.22. The van der Waals surface area contributed by atoms with Gasteiger partial charge < -0.3 is 9.42 Å². The van der Waals surface area contributed by atoms with Gasteiger partial charge in [0.15, 0.2) is 5.82 Å². The highest BCUT2D eigenvalue weighted by Crippen LogP contribution is 2.27. The van der Waals surface area contributed by atoms with E-state index in [0.717, 1.165) is 12.8 Å². The summed E-state index contributed by atoms with van der Waals surface area (Å²) in [5.41, 5.74) is 1.04. The van der Waals surface area contributed by atoms with E-state index in [0.29, 0.717) is 36.1 Å². The molecule has 3 aromatic rings. The van der Waals surface area contributed by atoms with Crippen molar-refractivity contribution in [3.05, 3.63) is 65.9 Å². The van der Waals surface area contributed by atoms with Crippen LogP contribution in [0.4, 0.5) is 4.39 Å². The van der Waals surface area contributed by atoms with Crippen molar-refractivity contribution in [1.82, 2.24) is 20.0 Å². The van der Waals surface area contributed by atoms with Gasteiger partial charge >= 0.3 is 0 Å². The number of piperidine rings is 1. The fraction of sp³-hybridized carbons (Fsp3) is 0.300. The topological polar surface area (TPSA) is 72.1 Å². The highest BCUT2D eigenvalue weighted by molar-refractivity contribution is 5.79. The smallest absolute Gasteiger partial charge is 0.276 e. The van der Waals surface area contributed by atoms with E-state index in [1.54, 1.807) is 29.3 Å². The van der Waals surface area contributed by atoms with Crippen LogP contribution in [0, 0.1) is 5.82 Å². The van der Waals surface area contributed by atoms with Crippen LogP contribution in [0.3, 0.4) is 0 Å². The van der Waals surface area contributed by atoms with Crippen molar-refractivity contribution in [1.29, 1.82) is 0 Å². The minimum Gasteiger partial charge on any atom is -0.342 e. The SMILES string of the molecule is O=C(Cc1ccccc1F)N1CCC[C@H](c2noc(-c3ccccn3)n2)C1. The first-order valence-corrected chi connectivity index (χ1v) is 8.97. The average Bonchev–Trinajstić information content (AvgIpc) is 3.21. The molecule has 1 amide bonds. The van der Waals surface area contributed by atoms with Crippen molar-refractivity contribution in [2.75, 3.05) is 13.1 Å². The van der Waals surface area contributed by atoms with Crippen molar-refractivity contribution in [3.63, 3.8) is 0 Å². The number of nitrogens with zero attached hydrogens (tertiary/aromatic N) is 4. The van der Waals surface area contributed by atoms with Gasteiger partial charge in [-0.15, -0.1) is 0 Å². The standard InChI is InChI=1S/C20H19FN4O2/c21-16-8-2-1-6-14(16)12-18(26)25-11-5-7-15(13-25)19-23-20(27-24-19)17-9-3-4-10-22-17/h1-4,6,8-10,15H,5,7,11-13H2/t15-/m0/s1. The van der Waals surface area contributed by atoms with E-state index >= 15 is 0 Å². The maximum Gasteiger partial charge on any atom is 0.276 e. The number of likely N-dealkylation sites (tertiary alicyclic amines) is 1. The third kappa shape index (κ3) is 3.86. The molecule has 1 saturated heterocycles. The number of rotatable bonds is 4. The van der Waals surface area contributed by atoms with E-state index in [9.17, 15) is 9.18 Å². The van der Waals surface area contributed by atoms with Crippen LogP contribution in [-0.2, 0) is 11.2 Å². The van der Waals surface area contributed by atoms with Crippen LogP contribution >= 0.6 is 0 Å². The average molecular weight is 366 g/mol. The summed E-state index contributed by atoms with van der Waals surface area (Å²) in [6.07, 6.45) is 3.46. The van der Waals surface area contributed by atoms with E-state index in [2.05, 4.69) is 15.1 Å². The zero-order chi connectivity index (χ0) is 18.6. The van der Waals surface area contributed by atoms with Crippen molar-refractivity contribution in [2.45, 2.75) is 25.2 Å². The summed E-state index contributed by atoms with van der Waals surface area (Å²) >= 11 is 0. The van der Waals surface area contributed by atoms with Crippen LogP contribution in [0.25, 0.3) is 11.6 Å². The maximum atomic E-state index is 13.8. The number of hydrogen-bond donors (Lipinski definition) is 0. The quantitative estimate of drug-likeness (QED) is 0.709. The number of hydrogen-bond acceptors (Lipinski definition) is 5. The number of carbonyl (C=O) groups is 1. The molecule has 0 radical (unpaired) electrons. The summed E-state index contributed by atoms with van der Waals surface area (Å²) < 4.78 is 19.1. The first kappa shape index (κ1) is 17.3. The van der Waals surface area contributed by atoms with E-state index in [1.807, 2.05) is 18.2 Å². The van der Waals surface area contributed by atoms with E-state index in [-0.39, 0.29) is 24.1 Å². The molecule has 0 saturated carbocycles. The molecule has 0 spiro atoms. The molecule has 1 fully saturated rings. The fourth-order valence-electron chi connectivity index (χ4n) is 3.32. The van der Waals surface area contributed by atoms with Gasteiger partial charge in [0.25, 0.3) is 5.89 Å². The minimum atomic E-state index is -0.349. The second-order valence-electron chi connectivity index (χ2n) is 6.62. The molecule has 7 heteroatoms. The van der Waals surface area contributed by atoms with Crippen LogP contribution in [-0.4, -0.2) is 39.0 Å². The lowest BCUT2D eigenvalue weighted by molar-refractivity contribution is -0.131. The second-order valence-corrected chi connectivity index (χ2v) is 6.62. The molecule has 1 aliphatic rings. The van der Waals surface area contributed by atoms with Crippen molar-refractivity contribution in [3.8, 4) is 11.6 Å². The molecule has 2 aromatic heterocycles. The van der Waals surface area contributed by atoms with Gasteiger partial charge in [-0.2, -0.15) is 4.98 Å². The van der Waals surface area contributed by atoms with Crippen molar-refractivity contribution in [2.24, 2.45) is 0 Å². The minimum absolute atomic E-state index is 0.00420. The van der Waals surface area contributed by atoms with E-state index < -0.39 is 0 Å². The second kappa shape index (κ2) is 7.65. The zero-order valence-electron chi connectivity index (χ0n) is 14.7. The molecule has 3 heterocycles. The van der Waals surface area contributed by atoms with E-state index in [1.165, 1.54) is 6.07 Å². The Bertz CT molecular complexity index is 928. The number of benzene rings is 1. The lowest BCUT2D eigenvalue weighted by Gasteiger charge is -2.31. The van der Waals surface area contributed by atoms with Gasteiger partial charge in [0.1, 0.15) is 11.5 Å². The van der Waals surface area contributed by atoms with Crippen LogP contribution < -0.4 is 0 Å². The maximum absolute atomic E-state index is 13.8. The zero-order valence-corrected chi connectivity index (χ0v) is 14.7. The molecule has 4 rings (SSSR count). The third-order valence-corrected chi connectivity index (χ3v) is 4.76. The molecule has 138 valence electrons. The molecule has 0 bridgehead atoms. The number of carbonyl (C=O) groups excluding carboxylic acids is 1. The molecule has 1 atom stereocenters. The van der Waals surface area contributed by atoms with Gasteiger partial charge in [-0.25, -0.2) is 4.39 Å². The highest BCUT2D eigenvalue weighted by Gasteiger charge is 2.28. The van der Waals surface area contributed by atoms with Gasteiger partial charge in [0.2, 0.25) is 5.91 Å². The summed E-state index contributed by atoms with van der Waals surface area (Å²) in [5.74, 6) is 0.528. The highest BCUT2D eigenvalue weighted by atomic mass is 19.1. The predicted molar refractivity (Wildman–Crippen MR) is 96.2 cm³/mol. The van der Waals surface area contributed by atoms with Gasteiger partial charge in [0, 0.05) is 25.2 Å². The van der Waals surface area contributed by atoms with Gasteiger partial charge in [-0.1, -0.05) is 29.4 Å². The van der Waals surface area contributed by atoms with Gasteiger partial charge in [-0.05, 0) is 36.6 Å². The summed E-state index contributed by atoms with van der Waals surface area (Å²) in [5, 5.41) is 4.08. The van der Waals surface area contributed by atoms with Crippen LogP contribution in [0.15, 0.2) is 53.2 Å². The first-order valence-electron chi connectivity index (χ1n) is 8.97. The Morgan fingerprint density at radius 1 is 1.22 bits per heavy atom. The first-order chi connectivity index (χ1) is 13.2. The van der Waals surface area contributed by atoms with Crippen LogP contribution in [0.2, 0.25) is 0 Å². The summed E-state index contributed by atoms with van der Waals surface area (Å²) in [4.78, 5) is 23.0. The molecule has 1 aliphatic heterocycles. The fourth-order valence-corrected chi connectivity index (χ4v) is 3.32. The number of aromatic nitrogens is 3. The van der Waals surface area contributed by atoms with Crippen molar-refractivity contribution < 1.29 is 13.7 Å². The molecule has 0 aliphatic carbocycles. The molecule has 6 nitrogen and oxygen atoms in total. The lowest BCUT2D eigenvalue weighted by atomic mass is 9.96. The molecular formula is C20H19FN4O2. The Hall–Kier alpha value is -3.09. The van der Waals surface area contributed by atoms with Crippen LogP contribution in [0.1, 0.15) is 30.1 Å². The number of pyridine rings is 1. The Kier molecular flexibility index (Phi) is 4.91. The number of halogens is 1. The summed E-state index contributed by atoms with van der Waals surface area (Å²) in [6, 6.07) is 11.9. The Morgan fingerprint density at radius 3 is 2.89 bits per heavy atom. The van der Waals surface area contributed by atoms with Crippen LogP contribution in [0.5, 0.6) is 0 Å². The Labute approximate surface area is 156 Å². The summed E-state index contributed by atoms with van der Waals surface area (Å²) in [6.45, 7) is 1.17. The lowest BCUT2D eigenvalue weighted by Crippen LogP contribution is -2.40. The molecule has 1 aromatic carbocycles. The molecule has 27 heavy (non-hydrogen) atoms. The Balaban J connectivity index is 1.45. The monoisotopic (exact) mass is 366 g/mol. The largest absolute Gasteiger partial charge is 0.342 e. The normalized spacial score (nSPS) is 17.1. The van der Waals surface area contributed by atoms with Gasteiger partial charge in [-0.3, -0.25) is 9.78 Å². The molecule has 0 unspecified atom stereocenters. The van der Waals surface area contributed by atoms with Crippen molar-refractivity contribution >= 4 is 5.91 Å². The molecular weight excluding hydrogens is 347 g/mol. The van der Waals surface area contributed by atoms with Gasteiger partial charge in [0.05, 0.1) is 6.42 Å². The van der Waals surface area contributed by atoms with E-state index in [4.69, 9.17) is 4.52 Å².